The van der Waals surface area contributed by atoms with Crippen molar-refractivity contribution in [2.45, 2.75) is 37.7 Å². The molecule has 0 aliphatic carbocycles. The van der Waals surface area contributed by atoms with E-state index in [4.69, 9.17) is 27.9 Å². The van der Waals surface area contributed by atoms with Crippen molar-refractivity contribution in [3.63, 3.8) is 0 Å². The Bertz CT molecular complexity index is 2320. The second-order valence-electron chi connectivity index (χ2n) is 11.3. The van der Waals surface area contributed by atoms with Crippen molar-refractivity contribution in [1.82, 2.24) is 39.7 Å². The number of benzene rings is 2. The number of nitrogens with one attached hydrogen (secondary N) is 1. The lowest BCUT2D eigenvalue weighted by atomic mass is 10.2. The van der Waals surface area contributed by atoms with E-state index in [1.807, 2.05) is 32.1 Å². The molecule has 0 spiro atoms. The van der Waals surface area contributed by atoms with Crippen molar-refractivity contribution in [2.75, 3.05) is 6.61 Å². The van der Waals surface area contributed by atoms with E-state index >= 15 is 0 Å². The van der Waals surface area contributed by atoms with Gasteiger partial charge in [-0.1, -0.05) is 29.3 Å². The summed E-state index contributed by atoms with van der Waals surface area (Å²) in [5.41, 5.74) is 4.17. The van der Waals surface area contributed by atoms with Crippen LogP contribution in [0.15, 0.2) is 113 Å². The maximum Gasteiger partial charge on any atom is 0.357 e. The Hall–Kier alpha value is -5.67. The first-order valence-electron chi connectivity index (χ1n) is 16.6. The summed E-state index contributed by atoms with van der Waals surface area (Å²) in [5.74, 6) is -1.17. The number of nitrogens with zero attached hydrogens (tertiary/aromatic N) is 7. The number of thiophene rings is 1. The van der Waals surface area contributed by atoms with Gasteiger partial charge < -0.3 is 4.74 Å². The van der Waals surface area contributed by atoms with Gasteiger partial charge in [0.25, 0.3) is 11.8 Å². The molecule has 280 valence electrons. The molecule has 0 aliphatic heterocycles. The van der Waals surface area contributed by atoms with Crippen LogP contribution in [0.5, 0.6) is 0 Å². The van der Waals surface area contributed by atoms with E-state index in [-0.39, 0.29) is 18.2 Å². The summed E-state index contributed by atoms with van der Waals surface area (Å²) in [6.07, 6.45) is 9.19. The van der Waals surface area contributed by atoms with Crippen molar-refractivity contribution >= 4 is 76.2 Å². The molecule has 7 rings (SSSR count). The van der Waals surface area contributed by atoms with Crippen LogP contribution in [0.1, 0.15) is 65.8 Å². The molecule has 0 aliphatic rings. The van der Waals surface area contributed by atoms with Crippen molar-refractivity contribution in [3.8, 4) is 0 Å². The Balaban J connectivity index is 0.000000166. The molecular weight excluding hydrogens is 780 g/mol. The zero-order valence-corrected chi connectivity index (χ0v) is 33.2. The molecular formula is C39H34Cl2N8O4S2. The molecule has 0 fully saturated rings. The van der Waals surface area contributed by atoms with Gasteiger partial charge in [-0.2, -0.15) is 24.7 Å². The van der Waals surface area contributed by atoms with Gasteiger partial charge in [0, 0.05) is 44.6 Å². The molecule has 1 N–H and O–H groups in total. The average molecular weight is 814 g/mol. The van der Waals surface area contributed by atoms with E-state index < -0.39 is 11.9 Å². The van der Waals surface area contributed by atoms with Gasteiger partial charge in [0.2, 0.25) is 0 Å². The largest absolute Gasteiger partial charge is 0.461 e. The Morgan fingerprint density at radius 2 is 1.45 bits per heavy atom. The van der Waals surface area contributed by atoms with Gasteiger partial charge in [-0.3, -0.25) is 14.7 Å². The number of H-pyrrole nitrogens is 1. The van der Waals surface area contributed by atoms with Crippen LogP contribution in [0.4, 0.5) is 0 Å². The molecule has 12 nitrogen and oxygen atoms in total. The molecule has 0 unspecified atom stereocenters. The van der Waals surface area contributed by atoms with E-state index in [1.54, 1.807) is 98.4 Å². The smallest absolute Gasteiger partial charge is 0.357 e. The maximum atomic E-state index is 12.6. The Morgan fingerprint density at radius 1 is 0.818 bits per heavy atom. The molecule has 5 heterocycles. The number of aromatic nitrogens is 8. The number of carbonyl (C=O) groups excluding carboxylic acids is 3. The lowest BCUT2D eigenvalue weighted by Gasteiger charge is -2.05. The molecule has 5 aromatic heterocycles. The van der Waals surface area contributed by atoms with Crippen molar-refractivity contribution in [3.05, 3.63) is 157 Å². The average Bonchev–Trinajstić information content (AvgIpc) is 4.02. The normalized spacial score (nSPS) is 10.7. The molecule has 0 saturated carbocycles. The fourth-order valence-electron chi connectivity index (χ4n) is 4.75. The minimum absolute atomic E-state index is 0.115. The molecule has 2 aromatic carbocycles. The van der Waals surface area contributed by atoms with E-state index in [0.717, 1.165) is 26.7 Å². The predicted molar refractivity (Wildman–Crippen MR) is 215 cm³/mol. The monoisotopic (exact) mass is 812 g/mol. The molecule has 0 atom stereocenters. The minimum atomic E-state index is -0.574. The van der Waals surface area contributed by atoms with Gasteiger partial charge in [0.05, 0.1) is 34.3 Å². The van der Waals surface area contributed by atoms with Crippen LogP contribution in [0, 0.1) is 20.8 Å². The van der Waals surface area contributed by atoms with Crippen molar-refractivity contribution < 1.29 is 19.1 Å². The first kappa shape index (κ1) is 40.5. The molecule has 16 heteroatoms. The molecule has 0 bridgehead atoms. The number of carbonyl (C=O) groups is 3. The van der Waals surface area contributed by atoms with Crippen LogP contribution >= 0.6 is 46.3 Å². The van der Waals surface area contributed by atoms with Gasteiger partial charge in [-0.15, -0.1) is 11.3 Å². The number of halogens is 2. The highest BCUT2D eigenvalue weighted by atomic mass is 35.5. The third-order valence-corrected chi connectivity index (χ3v) is 9.87. The highest BCUT2D eigenvalue weighted by molar-refractivity contribution is 7.99. The summed E-state index contributed by atoms with van der Waals surface area (Å²) in [5, 5.41) is 18.9. The second kappa shape index (κ2) is 19.6. The highest BCUT2D eigenvalue weighted by Gasteiger charge is 2.21. The molecule has 0 radical (unpaired) electrons. The minimum Gasteiger partial charge on any atom is -0.461 e. The van der Waals surface area contributed by atoms with Gasteiger partial charge >= 0.3 is 5.97 Å². The summed E-state index contributed by atoms with van der Waals surface area (Å²) in [6.45, 7) is 7.36. The van der Waals surface area contributed by atoms with E-state index in [9.17, 15) is 14.4 Å². The molecule has 0 saturated heterocycles. The maximum absolute atomic E-state index is 12.6. The van der Waals surface area contributed by atoms with Gasteiger partial charge in [-0.25, -0.2) is 14.8 Å². The quantitative estimate of drug-likeness (QED) is 0.116. The van der Waals surface area contributed by atoms with Gasteiger partial charge in [0.15, 0.2) is 10.9 Å². The Kier molecular flexibility index (Phi) is 14.4. The summed E-state index contributed by atoms with van der Waals surface area (Å²) in [7, 11) is 0. The standard InChI is InChI=1S/C16H13ClN4OS.C14H13ClN2O3.C9H8N2S/c1-10-14(23-16-18-8-3-9-19-16)11(2)21(20-10)15(22)12-4-6-13(17)7-5-12;1-3-20-14(19)12-8-9(2)16-17(12)13(18)10-4-6-11(15)7-5-10;1-2-9(12-7-1)4-3-8-5-6-10-11-8/h3-9H,1-2H3;4-8H,3H2,1-2H3;1-7H,(H,10,11). The molecule has 55 heavy (non-hydrogen) atoms. The number of ether oxygens (including phenoxy) is 1. The lowest BCUT2D eigenvalue weighted by molar-refractivity contribution is 0.0507. The topological polar surface area (TPSA) is 151 Å². The summed E-state index contributed by atoms with van der Waals surface area (Å²) in [4.78, 5) is 47.3. The van der Waals surface area contributed by atoms with E-state index in [1.165, 1.54) is 27.4 Å². The van der Waals surface area contributed by atoms with Crippen LogP contribution in [0.3, 0.4) is 0 Å². The second-order valence-corrected chi connectivity index (χ2v) is 14.2. The number of hydrogen-bond acceptors (Lipinski definition) is 11. The van der Waals surface area contributed by atoms with Crippen LogP contribution in [-0.2, 0) is 4.74 Å². The zero-order chi connectivity index (χ0) is 39.3. The first-order chi connectivity index (χ1) is 26.5. The van der Waals surface area contributed by atoms with Crippen LogP contribution in [0.25, 0.3) is 12.2 Å². The third-order valence-electron chi connectivity index (χ3n) is 7.34. The summed E-state index contributed by atoms with van der Waals surface area (Å²) >= 11 is 14.8. The number of hydrogen-bond donors (Lipinski definition) is 1. The predicted octanol–water partition coefficient (Wildman–Crippen LogP) is 9.13. The van der Waals surface area contributed by atoms with E-state index in [2.05, 4.69) is 47.9 Å². The number of aryl methyl sites for hydroxylation is 2. The fourth-order valence-corrected chi connectivity index (χ4v) is 6.46. The Morgan fingerprint density at radius 3 is 2.02 bits per heavy atom. The number of aromatic amines is 1. The third kappa shape index (κ3) is 11.2. The van der Waals surface area contributed by atoms with Crippen LogP contribution < -0.4 is 0 Å². The van der Waals surface area contributed by atoms with Crippen LogP contribution in [-0.4, -0.2) is 64.1 Å². The Labute approximate surface area is 335 Å². The fraction of sp³-hybridized carbons (Fsp3) is 0.128. The number of esters is 1. The first-order valence-corrected chi connectivity index (χ1v) is 19.1. The lowest BCUT2D eigenvalue weighted by Crippen LogP contribution is -2.20. The zero-order valence-electron chi connectivity index (χ0n) is 30.0. The molecule has 0 amide bonds. The van der Waals surface area contributed by atoms with Gasteiger partial charge in [-0.05, 0) is 130 Å². The molecule has 7 aromatic rings. The number of rotatable bonds is 8. The SMILES string of the molecule is C(=Cc1cccs1)c1ccn[nH]1.CCOC(=O)c1cc(C)nn1C(=O)c1ccc(Cl)cc1.Cc1nn(C(=O)c2ccc(Cl)cc2)c(C)c1Sc1ncccn1. The van der Waals surface area contributed by atoms with Crippen molar-refractivity contribution in [2.24, 2.45) is 0 Å². The van der Waals surface area contributed by atoms with E-state index in [0.29, 0.717) is 32.0 Å². The van der Waals surface area contributed by atoms with Crippen molar-refractivity contribution in [1.29, 1.82) is 0 Å². The summed E-state index contributed by atoms with van der Waals surface area (Å²) < 4.78 is 7.37. The summed E-state index contributed by atoms with van der Waals surface area (Å²) in [6, 6.07) is 22.5. The highest BCUT2D eigenvalue weighted by Crippen LogP contribution is 2.30. The van der Waals surface area contributed by atoms with Crippen LogP contribution in [0.2, 0.25) is 10.0 Å². The van der Waals surface area contributed by atoms with Gasteiger partial charge in [0.1, 0.15) is 0 Å².